The SMILES string of the molecule is CO[C@H](C)[C@H](COP(=O)(O)OC)O[C@H](CO)n1ccc(=O)[nH]c1=O. The maximum absolute atomic E-state index is 11.8. The van der Waals surface area contributed by atoms with Crippen molar-refractivity contribution in [1.82, 2.24) is 9.55 Å². The van der Waals surface area contributed by atoms with E-state index in [0.717, 1.165) is 23.9 Å². The highest BCUT2D eigenvalue weighted by Crippen LogP contribution is 2.42. The average Bonchev–Trinajstić information content (AvgIpc) is 2.55. The van der Waals surface area contributed by atoms with Crippen LogP contribution in [0.1, 0.15) is 13.2 Å². The number of phosphoric acid groups is 1. The van der Waals surface area contributed by atoms with Gasteiger partial charge in [-0.25, -0.2) is 9.36 Å². The number of aliphatic hydroxyl groups excluding tert-OH is 1. The van der Waals surface area contributed by atoms with E-state index < -0.39 is 50.7 Å². The topological polar surface area (TPSA) is 149 Å². The fraction of sp³-hybridized carbons (Fsp3) is 0.667. The summed E-state index contributed by atoms with van der Waals surface area (Å²) in [6, 6.07) is 1.09. The van der Waals surface area contributed by atoms with E-state index in [1.807, 2.05) is 4.98 Å². The van der Waals surface area contributed by atoms with Crippen molar-refractivity contribution in [2.45, 2.75) is 25.4 Å². The minimum Gasteiger partial charge on any atom is -0.392 e. The molecule has 0 aliphatic heterocycles. The van der Waals surface area contributed by atoms with Crippen molar-refractivity contribution < 1.29 is 33.1 Å². The molecule has 0 radical (unpaired) electrons. The monoisotopic (exact) mass is 368 g/mol. The van der Waals surface area contributed by atoms with Gasteiger partial charge in [0, 0.05) is 26.5 Å². The molecule has 0 aliphatic carbocycles. The molecule has 3 N–H and O–H groups in total. The predicted octanol–water partition coefficient (Wildman–Crippen LogP) is -0.789. The lowest BCUT2D eigenvalue weighted by atomic mass is 10.2. The minimum atomic E-state index is -4.23. The van der Waals surface area contributed by atoms with Crippen LogP contribution in [0.5, 0.6) is 0 Å². The maximum atomic E-state index is 11.8. The Hall–Kier alpha value is -1.33. The standard InChI is InChI=1S/C12H21N2O9P/c1-8(20-2)9(7-22-24(18,19)21-3)23-11(6-15)14-5-4-10(16)13-12(14)17/h4-5,8-9,11,15H,6-7H2,1-3H3,(H,18,19)(H,13,16,17)/t8-,9+,11-/m1/s1. The summed E-state index contributed by atoms with van der Waals surface area (Å²) in [4.78, 5) is 34.2. The first-order valence-electron chi connectivity index (χ1n) is 6.87. The molecule has 1 aromatic heterocycles. The Bertz CT molecular complexity index is 673. The molecule has 12 heteroatoms. The summed E-state index contributed by atoms with van der Waals surface area (Å²) >= 11 is 0. The average molecular weight is 368 g/mol. The number of phosphoric ester groups is 1. The molecule has 0 fully saturated rings. The number of hydrogen-bond donors (Lipinski definition) is 3. The van der Waals surface area contributed by atoms with Gasteiger partial charge in [0.05, 0.1) is 19.3 Å². The lowest BCUT2D eigenvalue weighted by Gasteiger charge is -2.28. The summed E-state index contributed by atoms with van der Waals surface area (Å²) in [6.07, 6.45) is -1.53. The number of H-pyrrole nitrogens is 1. The Balaban J connectivity index is 2.95. The summed E-state index contributed by atoms with van der Waals surface area (Å²) in [7, 11) is -1.84. The minimum absolute atomic E-state index is 0.398. The number of rotatable bonds is 10. The normalized spacial score (nSPS) is 17.9. The van der Waals surface area contributed by atoms with Crippen LogP contribution in [0.2, 0.25) is 0 Å². The van der Waals surface area contributed by atoms with Crippen LogP contribution in [0.3, 0.4) is 0 Å². The van der Waals surface area contributed by atoms with Gasteiger partial charge in [0.25, 0.3) is 5.56 Å². The Morgan fingerprint density at radius 1 is 1.38 bits per heavy atom. The van der Waals surface area contributed by atoms with Crippen LogP contribution in [0.15, 0.2) is 21.9 Å². The van der Waals surface area contributed by atoms with Crippen molar-refractivity contribution in [1.29, 1.82) is 0 Å². The van der Waals surface area contributed by atoms with Crippen molar-refractivity contribution in [2.75, 3.05) is 27.4 Å². The number of hydrogen-bond acceptors (Lipinski definition) is 8. The molecule has 0 amide bonds. The fourth-order valence-corrected chi connectivity index (χ4v) is 2.15. The molecule has 0 aliphatic rings. The zero-order chi connectivity index (χ0) is 18.3. The number of ether oxygens (including phenoxy) is 2. The first-order valence-corrected chi connectivity index (χ1v) is 8.37. The molecule has 0 aromatic carbocycles. The highest BCUT2D eigenvalue weighted by Gasteiger charge is 2.28. The third-order valence-electron chi connectivity index (χ3n) is 3.18. The van der Waals surface area contributed by atoms with Gasteiger partial charge in [-0.05, 0) is 6.92 Å². The Labute approximate surface area is 137 Å². The van der Waals surface area contributed by atoms with Crippen molar-refractivity contribution in [3.8, 4) is 0 Å². The van der Waals surface area contributed by atoms with Gasteiger partial charge in [-0.15, -0.1) is 0 Å². The molecule has 1 heterocycles. The van der Waals surface area contributed by atoms with Gasteiger partial charge in [-0.1, -0.05) is 0 Å². The lowest BCUT2D eigenvalue weighted by molar-refractivity contribution is -0.140. The van der Waals surface area contributed by atoms with Gasteiger partial charge < -0.3 is 19.5 Å². The van der Waals surface area contributed by atoms with Gasteiger partial charge in [-0.3, -0.25) is 23.4 Å². The molecule has 1 unspecified atom stereocenters. The van der Waals surface area contributed by atoms with Crippen molar-refractivity contribution in [3.05, 3.63) is 33.1 Å². The summed E-state index contributed by atoms with van der Waals surface area (Å²) in [6.45, 7) is 0.610. The number of aromatic amines is 1. The van der Waals surface area contributed by atoms with Crippen molar-refractivity contribution in [2.24, 2.45) is 0 Å². The molecule has 4 atom stereocenters. The van der Waals surface area contributed by atoms with E-state index in [1.54, 1.807) is 6.92 Å². The summed E-state index contributed by atoms with van der Waals surface area (Å²) in [5.41, 5.74) is -1.38. The molecule has 0 saturated heterocycles. The molecule has 0 spiro atoms. The second kappa shape index (κ2) is 9.23. The summed E-state index contributed by atoms with van der Waals surface area (Å²) in [5.74, 6) is 0. The Kier molecular flexibility index (Phi) is 7.97. The van der Waals surface area contributed by atoms with Gasteiger partial charge >= 0.3 is 13.5 Å². The molecule has 11 nitrogen and oxygen atoms in total. The lowest BCUT2D eigenvalue weighted by Crippen LogP contribution is -2.40. The molecule has 0 saturated carbocycles. The van der Waals surface area contributed by atoms with Crippen LogP contribution in [0.25, 0.3) is 0 Å². The Morgan fingerprint density at radius 3 is 2.54 bits per heavy atom. The van der Waals surface area contributed by atoms with Crippen LogP contribution in [0.4, 0.5) is 0 Å². The largest absolute Gasteiger partial charge is 0.472 e. The first-order chi connectivity index (χ1) is 11.2. The van der Waals surface area contributed by atoms with E-state index in [0.29, 0.717) is 0 Å². The van der Waals surface area contributed by atoms with Crippen LogP contribution >= 0.6 is 7.82 Å². The van der Waals surface area contributed by atoms with Crippen LogP contribution in [-0.4, -0.2) is 59.2 Å². The number of aromatic nitrogens is 2. The van der Waals surface area contributed by atoms with Crippen LogP contribution in [-0.2, 0) is 23.1 Å². The van der Waals surface area contributed by atoms with E-state index in [4.69, 9.17) is 14.0 Å². The predicted molar refractivity (Wildman–Crippen MR) is 81.6 cm³/mol. The first kappa shape index (κ1) is 20.7. The van der Waals surface area contributed by atoms with Gasteiger partial charge in [-0.2, -0.15) is 0 Å². The molecule has 138 valence electrons. The fourth-order valence-electron chi connectivity index (χ4n) is 1.71. The molecule has 1 rings (SSSR count). The molecule has 1 aromatic rings. The van der Waals surface area contributed by atoms with E-state index in [1.165, 1.54) is 7.11 Å². The molecule has 24 heavy (non-hydrogen) atoms. The highest BCUT2D eigenvalue weighted by molar-refractivity contribution is 7.47. The summed E-state index contributed by atoms with van der Waals surface area (Å²) < 4.78 is 32.0. The highest BCUT2D eigenvalue weighted by atomic mass is 31.2. The number of nitrogens with one attached hydrogen (secondary N) is 1. The molecular formula is C12H21N2O9P. The van der Waals surface area contributed by atoms with E-state index in [9.17, 15) is 24.2 Å². The Morgan fingerprint density at radius 2 is 2.04 bits per heavy atom. The quantitative estimate of drug-likeness (QED) is 0.452. The van der Waals surface area contributed by atoms with Gasteiger partial charge in [0.15, 0.2) is 6.23 Å². The third-order valence-corrected chi connectivity index (χ3v) is 4.11. The van der Waals surface area contributed by atoms with Crippen LogP contribution < -0.4 is 11.2 Å². The third kappa shape index (κ3) is 5.95. The number of aliphatic hydroxyl groups is 1. The summed E-state index contributed by atoms with van der Waals surface area (Å²) in [5, 5.41) is 9.46. The molecule has 0 bridgehead atoms. The number of methoxy groups -OCH3 is 1. The van der Waals surface area contributed by atoms with Crippen LogP contribution in [0, 0.1) is 0 Å². The second-order valence-electron chi connectivity index (χ2n) is 4.72. The second-order valence-corrected chi connectivity index (χ2v) is 6.28. The van der Waals surface area contributed by atoms with E-state index >= 15 is 0 Å². The van der Waals surface area contributed by atoms with Gasteiger partial charge in [0.2, 0.25) is 0 Å². The maximum Gasteiger partial charge on any atom is 0.472 e. The number of nitrogens with zero attached hydrogens (tertiary/aromatic N) is 1. The van der Waals surface area contributed by atoms with E-state index in [2.05, 4.69) is 4.52 Å². The smallest absolute Gasteiger partial charge is 0.392 e. The zero-order valence-corrected chi connectivity index (χ0v) is 14.3. The van der Waals surface area contributed by atoms with Crippen molar-refractivity contribution >= 4 is 7.82 Å². The van der Waals surface area contributed by atoms with Crippen molar-refractivity contribution in [3.63, 3.8) is 0 Å². The van der Waals surface area contributed by atoms with Gasteiger partial charge in [0.1, 0.15) is 6.10 Å². The molecular weight excluding hydrogens is 347 g/mol. The van der Waals surface area contributed by atoms with E-state index in [-0.39, 0.29) is 0 Å². The zero-order valence-electron chi connectivity index (χ0n) is 13.4.